The highest BCUT2D eigenvalue weighted by molar-refractivity contribution is 6.05. The summed E-state index contributed by atoms with van der Waals surface area (Å²) in [4.78, 5) is 15.4. The molecule has 0 spiro atoms. The maximum atomic E-state index is 13.4. The van der Waals surface area contributed by atoms with E-state index < -0.39 is 17.5 Å². The number of rotatable bonds is 3. The van der Waals surface area contributed by atoms with Crippen LogP contribution in [0.5, 0.6) is 5.75 Å². The molecular weight excluding hydrogens is 254 g/mol. The summed E-state index contributed by atoms with van der Waals surface area (Å²) in [5.74, 6) is -1.74. The van der Waals surface area contributed by atoms with Crippen LogP contribution in [0.2, 0.25) is 0 Å². The number of nitrogens with one attached hydrogen (secondary N) is 1. The van der Waals surface area contributed by atoms with Crippen LogP contribution in [0.3, 0.4) is 0 Å². The second-order valence-electron chi connectivity index (χ2n) is 3.65. The van der Waals surface area contributed by atoms with E-state index in [-0.39, 0.29) is 17.0 Å². The molecule has 19 heavy (non-hydrogen) atoms. The number of hydrogen-bond acceptors (Lipinski definition) is 3. The molecule has 0 saturated carbocycles. The number of pyridine rings is 1. The minimum absolute atomic E-state index is 0.152. The third-order valence-electron chi connectivity index (χ3n) is 2.43. The van der Waals surface area contributed by atoms with E-state index in [1.807, 2.05) is 0 Å². The maximum absolute atomic E-state index is 13.4. The lowest BCUT2D eigenvalue weighted by molar-refractivity contribution is 0.102. The molecule has 0 aliphatic rings. The summed E-state index contributed by atoms with van der Waals surface area (Å²) < 4.78 is 31.3. The van der Waals surface area contributed by atoms with Crippen LogP contribution in [-0.2, 0) is 0 Å². The van der Waals surface area contributed by atoms with Crippen LogP contribution in [0.25, 0.3) is 0 Å². The molecule has 0 fully saturated rings. The molecule has 1 heterocycles. The van der Waals surface area contributed by atoms with E-state index in [2.05, 4.69) is 10.3 Å². The van der Waals surface area contributed by atoms with E-state index in [1.54, 1.807) is 0 Å². The van der Waals surface area contributed by atoms with Crippen molar-refractivity contribution in [2.45, 2.75) is 0 Å². The van der Waals surface area contributed by atoms with Gasteiger partial charge in [-0.3, -0.25) is 9.78 Å². The molecule has 0 unspecified atom stereocenters. The van der Waals surface area contributed by atoms with Crippen LogP contribution in [-0.4, -0.2) is 18.0 Å². The number of carbonyl (C=O) groups excluding carboxylic acids is 1. The molecule has 98 valence electrons. The van der Waals surface area contributed by atoms with Crippen LogP contribution in [0.15, 0.2) is 36.7 Å². The first-order valence-electron chi connectivity index (χ1n) is 5.36. The highest BCUT2D eigenvalue weighted by Gasteiger charge is 2.14. The van der Waals surface area contributed by atoms with Crippen molar-refractivity contribution < 1.29 is 18.3 Å². The summed E-state index contributed by atoms with van der Waals surface area (Å²) in [5, 5.41) is 2.45. The lowest BCUT2D eigenvalue weighted by Crippen LogP contribution is -2.14. The van der Waals surface area contributed by atoms with Gasteiger partial charge in [0.2, 0.25) is 0 Å². The van der Waals surface area contributed by atoms with Gasteiger partial charge in [0.25, 0.3) is 5.91 Å². The molecule has 1 amide bonds. The average Bonchev–Trinajstić information content (AvgIpc) is 2.41. The summed E-state index contributed by atoms with van der Waals surface area (Å²) >= 11 is 0. The Hall–Kier alpha value is -2.50. The molecular formula is C13H10F2N2O2. The fourth-order valence-electron chi connectivity index (χ4n) is 1.52. The summed E-state index contributed by atoms with van der Waals surface area (Å²) in [6.45, 7) is 0. The van der Waals surface area contributed by atoms with Gasteiger partial charge in [-0.1, -0.05) is 0 Å². The van der Waals surface area contributed by atoms with E-state index in [4.69, 9.17) is 4.74 Å². The average molecular weight is 264 g/mol. The van der Waals surface area contributed by atoms with E-state index in [0.717, 1.165) is 12.3 Å². The maximum Gasteiger partial charge on any atom is 0.258 e. The third-order valence-corrected chi connectivity index (χ3v) is 2.43. The van der Waals surface area contributed by atoms with Gasteiger partial charge >= 0.3 is 0 Å². The van der Waals surface area contributed by atoms with E-state index in [9.17, 15) is 13.6 Å². The molecule has 0 radical (unpaired) electrons. The normalized spacial score (nSPS) is 10.1. The lowest BCUT2D eigenvalue weighted by Gasteiger charge is -2.10. The molecule has 1 aromatic carbocycles. The fraction of sp³-hybridized carbons (Fsp3) is 0.0769. The third kappa shape index (κ3) is 2.85. The van der Waals surface area contributed by atoms with E-state index >= 15 is 0 Å². The summed E-state index contributed by atoms with van der Waals surface area (Å²) in [6.07, 6.45) is 2.25. The Morgan fingerprint density at radius 2 is 2.11 bits per heavy atom. The van der Waals surface area contributed by atoms with Gasteiger partial charge in [0.15, 0.2) is 5.82 Å². The number of anilines is 1. The van der Waals surface area contributed by atoms with Gasteiger partial charge in [0.1, 0.15) is 11.6 Å². The number of carbonyl (C=O) groups is 1. The molecule has 2 rings (SSSR count). The van der Waals surface area contributed by atoms with Crippen molar-refractivity contribution in [1.29, 1.82) is 0 Å². The van der Waals surface area contributed by atoms with Crippen LogP contribution in [0, 0.1) is 11.6 Å². The first-order valence-corrected chi connectivity index (χ1v) is 5.36. The topological polar surface area (TPSA) is 51.2 Å². The second kappa shape index (κ2) is 5.43. The molecule has 0 atom stereocenters. The molecule has 4 nitrogen and oxygen atoms in total. The zero-order valence-corrected chi connectivity index (χ0v) is 9.98. The Balaban J connectivity index is 2.27. The number of methoxy groups -OCH3 is 1. The molecule has 6 heteroatoms. The Morgan fingerprint density at radius 3 is 2.79 bits per heavy atom. The van der Waals surface area contributed by atoms with Crippen molar-refractivity contribution >= 4 is 11.6 Å². The van der Waals surface area contributed by atoms with Gasteiger partial charge in [-0.25, -0.2) is 8.78 Å². The van der Waals surface area contributed by atoms with Crippen LogP contribution in [0.1, 0.15) is 10.4 Å². The monoisotopic (exact) mass is 264 g/mol. The second-order valence-corrected chi connectivity index (χ2v) is 3.65. The molecule has 0 saturated heterocycles. The highest BCUT2D eigenvalue weighted by atomic mass is 19.1. The Labute approximate surface area is 108 Å². The Kier molecular flexibility index (Phi) is 3.70. The minimum Gasteiger partial charge on any atom is -0.494 e. The van der Waals surface area contributed by atoms with E-state index in [0.29, 0.717) is 0 Å². The number of nitrogens with zero attached hydrogens (tertiary/aromatic N) is 1. The fourth-order valence-corrected chi connectivity index (χ4v) is 1.52. The first-order chi connectivity index (χ1) is 9.11. The summed E-state index contributed by atoms with van der Waals surface area (Å²) in [6, 6.07) is 4.88. The van der Waals surface area contributed by atoms with Crippen molar-refractivity contribution in [1.82, 2.24) is 4.98 Å². The minimum atomic E-state index is -0.735. The standard InChI is InChI=1S/C13H10F2N2O2/c1-19-12-6-8(14)2-3-11(12)17-13(18)9-4-5-16-7-10(9)15/h2-7H,1H3,(H,17,18). The Bertz CT molecular complexity index is 617. The van der Waals surface area contributed by atoms with Crippen molar-refractivity contribution in [3.63, 3.8) is 0 Å². The zero-order chi connectivity index (χ0) is 13.8. The van der Waals surface area contributed by atoms with Gasteiger partial charge in [0, 0.05) is 12.3 Å². The highest BCUT2D eigenvalue weighted by Crippen LogP contribution is 2.25. The predicted molar refractivity (Wildman–Crippen MR) is 65.1 cm³/mol. The molecule has 1 N–H and O–H groups in total. The molecule has 2 aromatic rings. The molecule has 0 bridgehead atoms. The number of amides is 1. The quantitative estimate of drug-likeness (QED) is 0.927. The molecule has 0 aliphatic heterocycles. The Morgan fingerprint density at radius 1 is 1.32 bits per heavy atom. The van der Waals surface area contributed by atoms with Crippen molar-refractivity contribution in [2.75, 3.05) is 12.4 Å². The van der Waals surface area contributed by atoms with E-state index in [1.165, 1.54) is 31.5 Å². The van der Waals surface area contributed by atoms with Gasteiger partial charge in [-0.2, -0.15) is 0 Å². The van der Waals surface area contributed by atoms with Gasteiger partial charge in [-0.05, 0) is 18.2 Å². The lowest BCUT2D eigenvalue weighted by atomic mass is 10.2. The number of aromatic nitrogens is 1. The summed E-state index contributed by atoms with van der Waals surface area (Å²) in [7, 11) is 1.34. The van der Waals surface area contributed by atoms with Crippen molar-refractivity contribution in [2.24, 2.45) is 0 Å². The molecule has 1 aromatic heterocycles. The number of halogens is 2. The number of benzene rings is 1. The van der Waals surface area contributed by atoms with Crippen LogP contribution < -0.4 is 10.1 Å². The zero-order valence-electron chi connectivity index (χ0n) is 9.98. The first kappa shape index (κ1) is 12.9. The smallest absolute Gasteiger partial charge is 0.258 e. The predicted octanol–water partition coefficient (Wildman–Crippen LogP) is 2.62. The SMILES string of the molecule is COc1cc(F)ccc1NC(=O)c1ccncc1F. The largest absolute Gasteiger partial charge is 0.494 e. The number of ether oxygens (including phenoxy) is 1. The van der Waals surface area contributed by atoms with Crippen molar-refractivity contribution in [3.8, 4) is 5.75 Å². The van der Waals surface area contributed by atoms with Gasteiger partial charge < -0.3 is 10.1 Å². The van der Waals surface area contributed by atoms with Crippen LogP contribution >= 0.6 is 0 Å². The van der Waals surface area contributed by atoms with Crippen LogP contribution in [0.4, 0.5) is 14.5 Å². The number of hydrogen-bond donors (Lipinski definition) is 1. The van der Waals surface area contributed by atoms with Gasteiger partial charge in [0.05, 0.1) is 24.6 Å². The molecule has 0 aliphatic carbocycles. The van der Waals surface area contributed by atoms with Crippen molar-refractivity contribution in [3.05, 3.63) is 53.9 Å². The van der Waals surface area contributed by atoms with Gasteiger partial charge in [-0.15, -0.1) is 0 Å². The summed E-state index contributed by atoms with van der Waals surface area (Å²) in [5.41, 5.74) is 0.103.